The van der Waals surface area contributed by atoms with Crippen molar-refractivity contribution in [1.29, 1.82) is 0 Å². The van der Waals surface area contributed by atoms with Crippen molar-refractivity contribution in [2.24, 2.45) is 0 Å². The summed E-state index contributed by atoms with van der Waals surface area (Å²) >= 11 is 19.3. The van der Waals surface area contributed by atoms with Crippen molar-refractivity contribution >= 4 is 56.6 Å². The van der Waals surface area contributed by atoms with Crippen molar-refractivity contribution in [1.82, 2.24) is 4.31 Å². The summed E-state index contributed by atoms with van der Waals surface area (Å²) in [6, 6.07) is 2.91. The molecule has 0 unspecified atom stereocenters. The van der Waals surface area contributed by atoms with Crippen LogP contribution in [0.3, 0.4) is 0 Å². The summed E-state index contributed by atoms with van der Waals surface area (Å²) in [6.07, 6.45) is 1.92. The van der Waals surface area contributed by atoms with Crippen LogP contribution in [0.15, 0.2) is 17.0 Å². The van der Waals surface area contributed by atoms with Crippen LogP contribution >= 0.6 is 46.6 Å². The molecular formula is C11H14Cl3NO2S2. The topological polar surface area (TPSA) is 37.4 Å². The van der Waals surface area contributed by atoms with Crippen LogP contribution in [-0.2, 0) is 15.9 Å². The zero-order valence-electron chi connectivity index (χ0n) is 10.5. The zero-order chi connectivity index (χ0) is 14.6. The minimum Gasteiger partial charge on any atom is -0.207 e. The largest absolute Gasteiger partial charge is 0.244 e. The molecule has 0 aliphatic carbocycles. The predicted octanol–water partition coefficient (Wildman–Crippen LogP) is 3.72. The molecule has 0 saturated carbocycles. The molecule has 0 radical (unpaired) electrons. The second-order valence-corrected chi connectivity index (χ2v) is 7.84. The Morgan fingerprint density at radius 2 is 1.95 bits per heavy atom. The van der Waals surface area contributed by atoms with Gasteiger partial charge in [-0.15, -0.1) is 11.6 Å². The van der Waals surface area contributed by atoms with Crippen LogP contribution in [0.25, 0.3) is 0 Å². The SMILES string of the molecule is CSCCN(C)S(=O)(=O)c1ccc(Cl)c(CCl)c1Cl. The van der Waals surface area contributed by atoms with Crippen molar-refractivity contribution in [3.05, 3.63) is 27.7 Å². The Balaban J connectivity index is 3.22. The van der Waals surface area contributed by atoms with Crippen LogP contribution in [0.2, 0.25) is 10.0 Å². The van der Waals surface area contributed by atoms with E-state index >= 15 is 0 Å². The first-order valence-corrected chi connectivity index (χ1v) is 9.46. The molecule has 0 aromatic heterocycles. The maximum absolute atomic E-state index is 12.4. The summed E-state index contributed by atoms with van der Waals surface area (Å²) in [5.74, 6) is 0.777. The quantitative estimate of drug-likeness (QED) is 0.724. The number of halogens is 3. The number of nitrogens with zero attached hydrogens (tertiary/aromatic N) is 1. The Labute approximate surface area is 133 Å². The normalized spacial score (nSPS) is 12.1. The molecule has 0 fully saturated rings. The van der Waals surface area contributed by atoms with Gasteiger partial charge >= 0.3 is 0 Å². The summed E-state index contributed by atoms with van der Waals surface area (Å²) in [5, 5.41) is 0.462. The van der Waals surface area contributed by atoms with Crippen molar-refractivity contribution in [2.45, 2.75) is 10.8 Å². The number of sulfonamides is 1. The van der Waals surface area contributed by atoms with Crippen LogP contribution in [0.5, 0.6) is 0 Å². The lowest BCUT2D eigenvalue weighted by molar-refractivity contribution is 0.488. The van der Waals surface area contributed by atoms with Crippen molar-refractivity contribution in [3.8, 4) is 0 Å². The Hall–Kier alpha value is 0.350. The summed E-state index contributed by atoms with van der Waals surface area (Å²) in [5.41, 5.74) is 0.435. The van der Waals surface area contributed by atoms with E-state index in [0.717, 1.165) is 0 Å². The van der Waals surface area contributed by atoms with Gasteiger partial charge in [0.1, 0.15) is 4.90 Å². The molecule has 0 saturated heterocycles. The highest BCUT2D eigenvalue weighted by Gasteiger charge is 2.25. The van der Waals surface area contributed by atoms with E-state index in [1.54, 1.807) is 11.8 Å². The van der Waals surface area contributed by atoms with Gasteiger partial charge in [-0.2, -0.15) is 11.8 Å². The van der Waals surface area contributed by atoms with Gasteiger partial charge in [-0.1, -0.05) is 23.2 Å². The third kappa shape index (κ3) is 3.93. The fraction of sp³-hybridized carbons (Fsp3) is 0.455. The van der Waals surface area contributed by atoms with E-state index in [1.807, 2.05) is 6.26 Å². The van der Waals surface area contributed by atoms with Crippen LogP contribution in [0, 0.1) is 0 Å². The fourth-order valence-electron chi connectivity index (χ4n) is 1.41. The van der Waals surface area contributed by atoms with Crippen LogP contribution in [0.4, 0.5) is 0 Å². The molecule has 0 bridgehead atoms. The van der Waals surface area contributed by atoms with Crippen LogP contribution in [0.1, 0.15) is 5.56 Å². The molecule has 1 aromatic carbocycles. The number of rotatable bonds is 6. The van der Waals surface area contributed by atoms with Gasteiger partial charge in [-0.25, -0.2) is 12.7 Å². The number of thioether (sulfide) groups is 1. The summed E-state index contributed by atoms with van der Waals surface area (Å²) in [4.78, 5) is 0.0396. The lowest BCUT2D eigenvalue weighted by Crippen LogP contribution is -2.29. The number of benzene rings is 1. The molecule has 3 nitrogen and oxygen atoms in total. The molecule has 0 aliphatic heterocycles. The molecule has 108 valence electrons. The Morgan fingerprint density at radius 3 is 2.47 bits per heavy atom. The molecule has 0 amide bonds. The van der Waals surface area contributed by atoms with Crippen molar-refractivity contribution in [3.63, 3.8) is 0 Å². The maximum Gasteiger partial charge on any atom is 0.244 e. The first-order valence-electron chi connectivity index (χ1n) is 5.34. The first kappa shape index (κ1) is 17.4. The van der Waals surface area contributed by atoms with E-state index in [9.17, 15) is 8.42 Å². The summed E-state index contributed by atoms with van der Waals surface area (Å²) in [6.45, 7) is 0.415. The predicted molar refractivity (Wildman–Crippen MR) is 84.2 cm³/mol. The second-order valence-electron chi connectivity index (χ2n) is 3.79. The van der Waals surface area contributed by atoms with Crippen molar-refractivity contribution in [2.75, 3.05) is 25.6 Å². The molecule has 0 spiro atoms. The summed E-state index contributed by atoms with van der Waals surface area (Å²) < 4.78 is 26.0. The molecule has 0 heterocycles. The van der Waals surface area contributed by atoms with E-state index < -0.39 is 10.0 Å². The van der Waals surface area contributed by atoms with Crippen LogP contribution in [-0.4, -0.2) is 38.3 Å². The molecule has 0 atom stereocenters. The third-order valence-electron chi connectivity index (χ3n) is 2.58. The van der Waals surface area contributed by atoms with Gasteiger partial charge in [-0.05, 0) is 18.4 Å². The highest BCUT2D eigenvalue weighted by atomic mass is 35.5. The Morgan fingerprint density at radius 1 is 1.32 bits per heavy atom. The smallest absolute Gasteiger partial charge is 0.207 e. The molecule has 0 N–H and O–H groups in total. The van der Waals surface area contributed by atoms with Gasteiger partial charge < -0.3 is 0 Å². The van der Waals surface area contributed by atoms with Gasteiger partial charge in [0.15, 0.2) is 0 Å². The lowest BCUT2D eigenvalue weighted by Gasteiger charge is -2.18. The number of hydrogen-bond acceptors (Lipinski definition) is 3. The molecule has 8 heteroatoms. The van der Waals surface area contributed by atoms with Gasteiger partial charge in [0.25, 0.3) is 0 Å². The molecular weight excluding hydrogens is 349 g/mol. The third-order valence-corrected chi connectivity index (χ3v) is 6.24. The van der Waals surface area contributed by atoms with E-state index in [1.165, 1.54) is 23.5 Å². The van der Waals surface area contributed by atoms with E-state index in [-0.39, 0.29) is 15.8 Å². The minimum absolute atomic E-state index is 0.0396. The molecule has 19 heavy (non-hydrogen) atoms. The minimum atomic E-state index is -3.62. The van der Waals surface area contributed by atoms with E-state index in [4.69, 9.17) is 34.8 Å². The molecule has 1 aromatic rings. The zero-order valence-corrected chi connectivity index (χ0v) is 14.4. The van der Waals surface area contributed by atoms with Gasteiger partial charge in [0, 0.05) is 29.9 Å². The van der Waals surface area contributed by atoms with E-state index in [2.05, 4.69) is 0 Å². The highest BCUT2D eigenvalue weighted by molar-refractivity contribution is 7.98. The molecule has 0 aliphatic rings. The first-order chi connectivity index (χ1) is 8.86. The van der Waals surface area contributed by atoms with Gasteiger partial charge in [0.2, 0.25) is 10.0 Å². The summed E-state index contributed by atoms with van der Waals surface area (Å²) in [7, 11) is -2.10. The lowest BCUT2D eigenvalue weighted by atomic mass is 10.2. The average molecular weight is 363 g/mol. The molecule has 1 rings (SSSR count). The van der Waals surface area contributed by atoms with E-state index in [0.29, 0.717) is 22.9 Å². The highest BCUT2D eigenvalue weighted by Crippen LogP contribution is 2.33. The van der Waals surface area contributed by atoms with Crippen molar-refractivity contribution < 1.29 is 8.42 Å². The average Bonchev–Trinajstić information content (AvgIpc) is 2.36. The monoisotopic (exact) mass is 361 g/mol. The maximum atomic E-state index is 12.4. The Bertz CT molecular complexity index is 549. The standard InChI is InChI=1S/C11H14Cl3NO2S2/c1-15(5-6-18-2)19(16,17)10-4-3-9(13)8(7-12)11(10)14/h3-4H,5-7H2,1-2H3. The number of hydrogen-bond donors (Lipinski definition) is 0. The van der Waals surface area contributed by atoms with Crippen LogP contribution < -0.4 is 0 Å². The van der Waals surface area contributed by atoms with Gasteiger partial charge in [0.05, 0.1) is 10.9 Å². The Kier molecular flexibility index (Phi) is 6.76. The fourth-order valence-corrected chi connectivity index (χ4v) is 4.45. The van der Waals surface area contributed by atoms with Gasteiger partial charge in [-0.3, -0.25) is 0 Å². The number of alkyl halides is 1. The second kappa shape index (κ2) is 7.38.